The van der Waals surface area contributed by atoms with Crippen LogP contribution in [-0.4, -0.2) is 30.7 Å². The third kappa shape index (κ3) is 14.7. The number of esters is 2. The molecule has 0 heterocycles. The molecule has 1 aliphatic carbocycles. The second kappa shape index (κ2) is 25.2. The average Bonchev–Trinajstić information content (AvgIpc) is 3.54. The van der Waals surface area contributed by atoms with Gasteiger partial charge in [-0.05, 0) is 76.4 Å². The van der Waals surface area contributed by atoms with Crippen LogP contribution in [-0.2, 0) is 70.6 Å². The summed E-state index contributed by atoms with van der Waals surface area (Å²) in [6, 6.07) is 42.0. The summed E-state index contributed by atoms with van der Waals surface area (Å²) in [4.78, 5) is 24.3. The molecule has 295 valence electrons. The first-order chi connectivity index (χ1) is 26.6. The molecule has 0 fully saturated rings. The number of benzene rings is 5. The number of aliphatic hydroxyl groups is 1. The Morgan fingerprint density at radius 1 is 0.679 bits per heavy atom. The number of carbonyl (C=O) groups excluding carboxylic acids is 2. The first kappa shape index (κ1) is 48.0. The molecule has 0 aliphatic heterocycles. The fourth-order valence-electron chi connectivity index (χ4n) is 5.98. The Morgan fingerprint density at radius 2 is 1.14 bits per heavy atom. The molecule has 0 amide bonds. The number of fused-ring (bicyclic) bond motifs is 3. The van der Waals surface area contributed by atoms with E-state index in [-0.39, 0.29) is 64.7 Å². The van der Waals surface area contributed by atoms with Gasteiger partial charge in [0.25, 0.3) is 0 Å². The Bertz CT molecular complexity index is 1830. The van der Waals surface area contributed by atoms with Crippen molar-refractivity contribution < 1.29 is 61.6 Å². The number of rotatable bonds is 12. The minimum Gasteiger partial charge on any atom is -0.680 e. The molecule has 8 heteroatoms. The maximum Gasteiger partial charge on any atom is 0.307 e. The molecule has 1 aliphatic rings. The summed E-state index contributed by atoms with van der Waals surface area (Å²) in [7, 11) is 1.25. The molecule has 0 atom stereocenters. The van der Waals surface area contributed by atoms with Gasteiger partial charge in [0.15, 0.2) is 0 Å². The smallest absolute Gasteiger partial charge is 0.307 e. The standard InChI is InChI=1S/C30H34O5.C14H12O.C3H8.CH4N.Y/c1-22(2)25-14-10-23(11-15-25)20-33-27-16-12-24(13-17-27)21-34-28(31)18-19-29(32)35-30(3,4)26-8-6-5-7-9-26;15-9-14-12-7-3-1-5-10(12)11-6-2-4-8-13(11)14;1-3-2;1-2;/h5-17,22H,18-21H2,1-4H3;1-8,14-15H,9H2;3H2,1-2H3;2H,1H3;/q;;;-1;. The summed E-state index contributed by atoms with van der Waals surface area (Å²) < 4.78 is 16.7. The molecule has 0 saturated carbocycles. The second-order valence-electron chi connectivity index (χ2n) is 14.0. The fourth-order valence-corrected chi connectivity index (χ4v) is 5.98. The van der Waals surface area contributed by atoms with Gasteiger partial charge in [0.05, 0.1) is 19.4 Å². The van der Waals surface area contributed by atoms with Crippen molar-refractivity contribution in [3.8, 4) is 16.9 Å². The van der Waals surface area contributed by atoms with Crippen LogP contribution >= 0.6 is 0 Å². The molecule has 7 nitrogen and oxygen atoms in total. The fraction of sp³-hybridized carbons (Fsp3) is 0.333. The third-order valence-electron chi connectivity index (χ3n) is 8.89. The molecule has 0 aromatic heterocycles. The molecule has 0 bridgehead atoms. The first-order valence-electron chi connectivity index (χ1n) is 19.1. The van der Waals surface area contributed by atoms with E-state index in [9.17, 15) is 14.7 Å². The molecule has 5 aromatic rings. The molecule has 5 aromatic carbocycles. The minimum absolute atomic E-state index is 0. The van der Waals surface area contributed by atoms with E-state index in [1.54, 1.807) is 0 Å². The van der Waals surface area contributed by atoms with Crippen molar-refractivity contribution in [1.29, 1.82) is 0 Å². The van der Waals surface area contributed by atoms with Crippen LogP contribution < -0.4 is 4.74 Å². The van der Waals surface area contributed by atoms with Gasteiger partial charge in [0.2, 0.25) is 0 Å². The topological polar surface area (TPSA) is 106 Å². The first-order valence-corrected chi connectivity index (χ1v) is 19.1. The van der Waals surface area contributed by atoms with Crippen molar-refractivity contribution in [3.05, 3.63) is 167 Å². The number of aliphatic hydroxyl groups excluding tert-OH is 1. The van der Waals surface area contributed by atoms with Crippen LogP contribution in [0.3, 0.4) is 0 Å². The van der Waals surface area contributed by atoms with Gasteiger partial charge in [-0.3, -0.25) is 9.59 Å². The van der Waals surface area contributed by atoms with Crippen LogP contribution in [0.2, 0.25) is 0 Å². The Hall–Kier alpha value is -4.14. The van der Waals surface area contributed by atoms with E-state index < -0.39 is 17.5 Å². The van der Waals surface area contributed by atoms with E-state index in [0.29, 0.717) is 12.5 Å². The van der Waals surface area contributed by atoms with Gasteiger partial charge < -0.3 is 25.1 Å². The van der Waals surface area contributed by atoms with Gasteiger partial charge in [-0.1, -0.05) is 149 Å². The van der Waals surface area contributed by atoms with E-state index in [2.05, 4.69) is 88.4 Å². The average molecular weight is 834 g/mol. The number of carbonyl (C=O) groups is 2. The number of nitrogens with one attached hydrogen (secondary N) is 1. The van der Waals surface area contributed by atoms with E-state index in [0.717, 1.165) is 22.4 Å². The normalized spacial score (nSPS) is 11.1. The van der Waals surface area contributed by atoms with Gasteiger partial charge in [0.1, 0.15) is 24.6 Å². The van der Waals surface area contributed by atoms with Crippen LogP contribution in [0.1, 0.15) is 106 Å². The van der Waals surface area contributed by atoms with Gasteiger partial charge in [-0.2, -0.15) is 7.05 Å². The summed E-state index contributed by atoms with van der Waals surface area (Å²) >= 11 is 0. The molecule has 0 saturated heterocycles. The van der Waals surface area contributed by atoms with Crippen LogP contribution in [0.4, 0.5) is 0 Å². The molecular formula is C48H58NO6Y-. The van der Waals surface area contributed by atoms with Crippen LogP contribution in [0.25, 0.3) is 16.9 Å². The predicted molar refractivity (Wildman–Crippen MR) is 223 cm³/mol. The van der Waals surface area contributed by atoms with Gasteiger partial charge >= 0.3 is 11.9 Å². The Morgan fingerprint density at radius 3 is 1.66 bits per heavy atom. The molecule has 6 rings (SSSR count). The number of hydrogen-bond acceptors (Lipinski definition) is 6. The predicted octanol–water partition coefficient (Wildman–Crippen LogP) is 11.6. The largest absolute Gasteiger partial charge is 0.680 e. The molecule has 0 unspecified atom stereocenters. The summed E-state index contributed by atoms with van der Waals surface area (Å²) in [5.41, 5.74) is 14.2. The summed E-state index contributed by atoms with van der Waals surface area (Å²) in [6.45, 7) is 13.1. The number of ether oxygens (including phenoxy) is 3. The zero-order chi connectivity index (χ0) is 40.2. The van der Waals surface area contributed by atoms with Crippen molar-refractivity contribution in [2.24, 2.45) is 0 Å². The van der Waals surface area contributed by atoms with E-state index >= 15 is 0 Å². The van der Waals surface area contributed by atoms with Crippen molar-refractivity contribution >= 4 is 11.9 Å². The maximum absolute atomic E-state index is 12.2. The maximum atomic E-state index is 12.2. The molecule has 2 N–H and O–H groups in total. The van der Waals surface area contributed by atoms with E-state index in [1.165, 1.54) is 41.3 Å². The molecule has 0 spiro atoms. The number of hydrogen-bond donors (Lipinski definition) is 1. The second-order valence-corrected chi connectivity index (χ2v) is 14.0. The van der Waals surface area contributed by atoms with Crippen LogP contribution in [0, 0.1) is 0 Å². The van der Waals surface area contributed by atoms with Crippen molar-refractivity contribution in [2.45, 2.75) is 91.5 Å². The summed E-state index contributed by atoms with van der Waals surface area (Å²) in [5.74, 6) is 0.544. The van der Waals surface area contributed by atoms with Crippen molar-refractivity contribution in [1.82, 2.24) is 0 Å². The third-order valence-corrected chi connectivity index (χ3v) is 8.89. The minimum atomic E-state index is -0.760. The summed E-state index contributed by atoms with van der Waals surface area (Å²) in [5, 5.41) is 9.46. The quantitative estimate of drug-likeness (QED) is 0.126. The van der Waals surface area contributed by atoms with E-state index in [4.69, 9.17) is 19.9 Å². The molecular weight excluding hydrogens is 775 g/mol. The van der Waals surface area contributed by atoms with Gasteiger partial charge in [-0.15, -0.1) is 0 Å². The van der Waals surface area contributed by atoms with Crippen LogP contribution in [0.5, 0.6) is 5.75 Å². The van der Waals surface area contributed by atoms with E-state index in [1.807, 2.05) is 80.6 Å². The zero-order valence-electron chi connectivity index (χ0n) is 34.1. The van der Waals surface area contributed by atoms with Crippen LogP contribution in [0.15, 0.2) is 127 Å². The van der Waals surface area contributed by atoms with Crippen molar-refractivity contribution in [2.75, 3.05) is 13.7 Å². The SMILES string of the molecule is CC(C)c1ccc(COc2ccc(COC(=O)CCC(=O)OC(C)(C)c3ccccc3)cc2)cc1.CCC.C[NH-].OCC1c2ccccc2-c2ccccc21.[Y]. The van der Waals surface area contributed by atoms with Crippen molar-refractivity contribution in [3.63, 3.8) is 0 Å². The Labute approximate surface area is 359 Å². The Kier molecular flexibility index (Phi) is 21.6. The van der Waals surface area contributed by atoms with Gasteiger partial charge in [-0.25, -0.2) is 0 Å². The molecule has 56 heavy (non-hydrogen) atoms. The molecule has 1 radical (unpaired) electrons. The zero-order valence-corrected chi connectivity index (χ0v) is 36.9. The monoisotopic (exact) mass is 833 g/mol. The Balaban J connectivity index is 0.000000424. The van der Waals surface area contributed by atoms with Gasteiger partial charge in [0, 0.05) is 38.6 Å². The summed E-state index contributed by atoms with van der Waals surface area (Å²) in [6.07, 6.45) is 1.19.